The molecule has 0 radical (unpaired) electrons. The largest absolute Gasteiger partial charge is 0.493 e. The highest BCUT2D eigenvalue weighted by Crippen LogP contribution is 2.43. The van der Waals surface area contributed by atoms with E-state index in [0.717, 1.165) is 16.0 Å². The molecule has 0 spiro atoms. The predicted molar refractivity (Wildman–Crippen MR) is 212 cm³/mol. The van der Waals surface area contributed by atoms with Gasteiger partial charge in [0.1, 0.15) is 29.4 Å². The van der Waals surface area contributed by atoms with Gasteiger partial charge < -0.3 is 44.4 Å². The Balaban J connectivity index is 1.55. The Bertz CT molecular complexity index is 2040. The van der Waals surface area contributed by atoms with Gasteiger partial charge in [0, 0.05) is 53.8 Å². The maximum absolute atomic E-state index is 14.6. The minimum atomic E-state index is -0.785. The van der Waals surface area contributed by atoms with Gasteiger partial charge in [-0.25, -0.2) is 14.6 Å². The van der Waals surface area contributed by atoms with E-state index in [2.05, 4.69) is 20.9 Å². The van der Waals surface area contributed by atoms with Crippen molar-refractivity contribution < 1.29 is 47.6 Å². The average molecular weight is 789 g/mol. The van der Waals surface area contributed by atoms with E-state index in [1.807, 2.05) is 18.4 Å². The molecule has 0 unspecified atom stereocenters. The van der Waals surface area contributed by atoms with Gasteiger partial charge in [-0.2, -0.15) is 0 Å². The van der Waals surface area contributed by atoms with E-state index in [-0.39, 0.29) is 42.3 Å². The summed E-state index contributed by atoms with van der Waals surface area (Å²) in [6.07, 6.45) is 0.813. The summed E-state index contributed by atoms with van der Waals surface area (Å²) < 4.78 is 33.4. The number of amides is 3. The topological polar surface area (TPSA) is 173 Å². The van der Waals surface area contributed by atoms with Crippen LogP contribution in [0.25, 0.3) is 21.6 Å². The zero-order valence-electron chi connectivity index (χ0n) is 32.5. The lowest BCUT2D eigenvalue weighted by atomic mass is 9.93. The van der Waals surface area contributed by atoms with Crippen LogP contribution in [0.4, 0.5) is 10.5 Å². The Kier molecular flexibility index (Phi) is 14.4. The summed E-state index contributed by atoms with van der Waals surface area (Å²) >= 11 is 1.54. The standard InChI is InChI=1S/C41H48N4O10S/c1-7-14-42-38(47)32-11-9-27(35(44-32)39(48)51-6)28-23-33-30(36-26(12-15-53-33)13-20-56-36)22-29(28)37(46)45-31-10-8-25(24-43-40(49)55-41(2,3)4)21-34(31)54-19-18-52-17-16-50-5/h8-11,13,20-23H,7,12,14-19,24H2,1-6H3,(H,42,47)(H,43,49)(H,45,46). The summed E-state index contributed by atoms with van der Waals surface area (Å²) in [5.41, 5.74) is 2.86. The zero-order valence-corrected chi connectivity index (χ0v) is 33.3. The number of pyridine rings is 1. The number of methoxy groups -OCH3 is 2. The molecule has 0 aliphatic carbocycles. The predicted octanol–water partition coefficient (Wildman–Crippen LogP) is 6.66. The van der Waals surface area contributed by atoms with Crippen molar-refractivity contribution >= 4 is 40.9 Å². The van der Waals surface area contributed by atoms with Crippen LogP contribution in [0.15, 0.2) is 53.9 Å². The van der Waals surface area contributed by atoms with Crippen molar-refractivity contribution in [1.29, 1.82) is 0 Å². The zero-order chi connectivity index (χ0) is 40.2. The number of carbonyl (C=O) groups excluding carboxylic acids is 4. The van der Waals surface area contributed by atoms with Gasteiger partial charge in [-0.05, 0) is 86.2 Å². The molecule has 0 saturated carbocycles. The van der Waals surface area contributed by atoms with Crippen LogP contribution >= 0.6 is 11.3 Å². The summed E-state index contributed by atoms with van der Waals surface area (Å²) in [6.45, 7) is 9.46. The summed E-state index contributed by atoms with van der Waals surface area (Å²) in [5, 5.41) is 10.5. The maximum atomic E-state index is 14.6. The van der Waals surface area contributed by atoms with Crippen LogP contribution in [-0.4, -0.2) is 88.3 Å². The highest BCUT2D eigenvalue weighted by molar-refractivity contribution is 7.13. The summed E-state index contributed by atoms with van der Waals surface area (Å²) in [6, 6.07) is 13.7. The lowest BCUT2D eigenvalue weighted by Gasteiger charge is -2.20. The SMILES string of the molecule is CCCNC(=O)c1ccc(-c2cc3c(cc2C(=O)Nc2ccc(CNC(=O)OC(C)(C)C)cc2OCCOCCOC)-c2sccc2CCO3)c(C(=O)OC)n1. The highest BCUT2D eigenvalue weighted by atomic mass is 32.1. The monoisotopic (exact) mass is 788 g/mol. The molecule has 1 aliphatic heterocycles. The molecule has 3 N–H and O–H groups in total. The van der Waals surface area contributed by atoms with Crippen molar-refractivity contribution in [2.75, 3.05) is 59.1 Å². The van der Waals surface area contributed by atoms with Crippen LogP contribution in [-0.2, 0) is 31.9 Å². The number of fused-ring (bicyclic) bond motifs is 3. The molecule has 298 valence electrons. The molecule has 5 rings (SSSR count). The van der Waals surface area contributed by atoms with Crippen molar-refractivity contribution in [3.8, 4) is 33.1 Å². The first-order valence-corrected chi connectivity index (χ1v) is 19.2. The lowest BCUT2D eigenvalue weighted by molar-refractivity contribution is 0.0521. The second-order valence-corrected chi connectivity index (χ2v) is 14.6. The van der Waals surface area contributed by atoms with Crippen LogP contribution in [0.1, 0.15) is 76.6 Å². The Labute approximate surface area is 330 Å². The number of hydrogen-bond donors (Lipinski definition) is 3. The highest BCUT2D eigenvalue weighted by Gasteiger charge is 2.27. The van der Waals surface area contributed by atoms with E-state index >= 15 is 0 Å². The van der Waals surface area contributed by atoms with Crippen molar-refractivity contribution in [3.63, 3.8) is 0 Å². The minimum Gasteiger partial charge on any atom is -0.493 e. The van der Waals surface area contributed by atoms with Crippen molar-refractivity contribution in [3.05, 3.63) is 82.0 Å². The number of esters is 1. The Morgan fingerprint density at radius 2 is 1.70 bits per heavy atom. The molecular formula is C41H48N4O10S. The first kappa shape index (κ1) is 41.6. The van der Waals surface area contributed by atoms with Gasteiger partial charge >= 0.3 is 12.1 Å². The first-order chi connectivity index (χ1) is 26.9. The molecule has 56 heavy (non-hydrogen) atoms. The fraction of sp³-hybridized carbons (Fsp3) is 0.390. The molecule has 2 aromatic carbocycles. The molecule has 14 nitrogen and oxygen atoms in total. The van der Waals surface area contributed by atoms with E-state index in [4.69, 9.17) is 28.4 Å². The number of rotatable bonds is 16. The number of thiophene rings is 1. The Hall–Kier alpha value is -5.51. The molecule has 1 aliphatic rings. The molecule has 2 aromatic heterocycles. The van der Waals surface area contributed by atoms with Gasteiger partial charge in [0.15, 0.2) is 5.69 Å². The van der Waals surface area contributed by atoms with E-state index in [9.17, 15) is 19.2 Å². The van der Waals surface area contributed by atoms with Crippen LogP contribution in [0.5, 0.6) is 11.5 Å². The number of hydrogen-bond acceptors (Lipinski definition) is 12. The van der Waals surface area contributed by atoms with Crippen molar-refractivity contribution in [2.45, 2.75) is 52.7 Å². The number of ether oxygens (including phenoxy) is 6. The number of carbonyl (C=O) groups is 4. The van der Waals surface area contributed by atoms with Gasteiger partial charge in [-0.3, -0.25) is 9.59 Å². The Morgan fingerprint density at radius 1 is 0.893 bits per heavy atom. The third kappa shape index (κ3) is 10.8. The normalized spacial score (nSPS) is 12.0. The number of aromatic nitrogens is 1. The lowest BCUT2D eigenvalue weighted by Crippen LogP contribution is -2.32. The maximum Gasteiger partial charge on any atom is 0.407 e. The molecule has 3 heterocycles. The van der Waals surface area contributed by atoms with Gasteiger partial charge in [0.25, 0.3) is 11.8 Å². The number of nitrogens with zero attached hydrogens (tertiary/aromatic N) is 1. The molecule has 0 fully saturated rings. The van der Waals surface area contributed by atoms with Crippen LogP contribution in [0, 0.1) is 0 Å². The molecule has 0 saturated heterocycles. The van der Waals surface area contributed by atoms with E-state index in [0.29, 0.717) is 67.5 Å². The number of alkyl carbamates (subject to hydrolysis) is 1. The molecular weight excluding hydrogens is 741 g/mol. The quantitative estimate of drug-likeness (QED) is 0.0819. The number of nitrogens with one attached hydrogen (secondary N) is 3. The molecule has 15 heteroatoms. The average Bonchev–Trinajstić information content (AvgIpc) is 3.58. The fourth-order valence-electron chi connectivity index (χ4n) is 5.74. The van der Waals surface area contributed by atoms with Gasteiger partial charge in [-0.1, -0.05) is 13.0 Å². The molecule has 0 bridgehead atoms. The third-order valence-corrected chi connectivity index (χ3v) is 9.35. The van der Waals surface area contributed by atoms with E-state index in [1.165, 1.54) is 24.5 Å². The Morgan fingerprint density at radius 3 is 2.45 bits per heavy atom. The summed E-state index contributed by atoms with van der Waals surface area (Å²) in [4.78, 5) is 58.5. The first-order valence-electron chi connectivity index (χ1n) is 18.3. The minimum absolute atomic E-state index is 0.0251. The van der Waals surface area contributed by atoms with Crippen LogP contribution < -0.4 is 25.4 Å². The fourth-order valence-corrected chi connectivity index (χ4v) is 6.72. The second-order valence-electron chi connectivity index (χ2n) is 13.7. The van der Waals surface area contributed by atoms with Crippen molar-refractivity contribution in [1.82, 2.24) is 15.6 Å². The van der Waals surface area contributed by atoms with E-state index < -0.39 is 29.5 Å². The molecule has 4 aromatic rings. The van der Waals surface area contributed by atoms with Gasteiger partial charge in [0.2, 0.25) is 0 Å². The van der Waals surface area contributed by atoms with E-state index in [1.54, 1.807) is 64.3 Å². The van der Waals surface area contributed by atoms with Crippen LogP contribution in [0.2, 0.25) is 0 Å². The number of anilines is 1. The summed E-state index contributed by atoms with van der Waals surface area (Å²) in [5.74, 6) is -0.897. The smallest absolute Gasteiger partial charge is 0.407 e. The van der Waals surface area contributed by atoms with Gasteiger partial charge in [-0.15, -0.1) is 11.3 Å². The summed E-state index contributed by atoms with van der Waals surface area (Å²) in [7, 11) is 2.81. The van der Waals surface area contributed by atoms with Crippen LogP contribution in [0.3, 0.4) is 0 Å². The second kappa shape index (κ2) is 19.4. The van der Waals surface area contributed by atoms with Gasteiger partial charge in [0.05, 0.1) is 39.2 Å². The third-order valence-electron chi connectivity index (χ3n) is 8.36. The molecule has 3 amide bonds. The number of benzene rings is 2. The molecule has 0 atom stereocenters. The van der Waals surface area contributed by atoms with Crippen molar-refractivity contribution in [2.24, 2.45) is 0 Å².